The number of nitrogens with zero attached hydrogens (tertiary/aromatic N) is 2. The second-order valence-corrected chi connectivity index (χ2v) is 9.87. The Hall–Kier alpha value is -3.32. The number of aliphatic hydroxyl groups excluding tert-OH is 1. The molecule has 0 radical (unpaired) electrons. The topological polar surface area (TPSA) is 77.9 Å². The highest BCUT2D eigenvalue weighted by Crippen LogP contribution is 2.38. The molecule has 6 nitrogen and oxygen atoms in total. The summed E-state index contributed by atoms with van der Waals surface area (Å²) in [4.78, 5) is 15.5. The Balaban J connectivity index is 1.63. The molecule has 0 bridgehead atoms. The fraction of sp³-hybridized carbons (Fsp3) is 0.208. The summed E-state index contributed by atoms with van der Waals surface area (Å²) < 4.78 is 27.5. The molecule has 158 valence electrons. The number of ketones is 1. The lowest BCUT2D eigenvalue weighted by Crippen LogP contribution is -2.35. The third-order valence-electron chi connectivity index (χ3n) is 6.10. The van der Waals surface area contributed by atoms with E-state index in [1.54, 1.807) is 30.3 Å². The molecule has 0 atom stereocenters. The molecular weight excluding hydrogens is 412 g/mol. The second-order valence-electron chi connectivity index (χ2n) is 7.94. The molecule has 7 heteroatoms. The van der Waals surface area contributed by atoms with Crippen LogP contribution in [0, 0.1) is 0 Å². The summed E-state index contributed by atoms with van der Waals surface area (Å²) in [5.74, 6) is -0.859. The van der Waals surface area contributed by atoms with Crippen LogP contribution in [-0.4, -0.2) is 43.7 Å². The Bertz CT molecular complexity index is 1360. The SMILES string of the molecule is CN1C(C(=O)c2ccc3ccccc3c2)=C(O)c2ccc(N3CCCC3)cc2S1(=O)=O. The van der Waals surface area contributed by atoms with Gasteiger partial charge in [0.2, 0.25) is 5.78 Å². The van der Waals surface area contributed by atoms with Crippen molar-refractivity contribution in [1.29, 1.82) is 0 Å². The van der Waals surface area contributed by atoms with Crippen LogP contribution in [0.4, 0.5) is 5.69 Å². The van der Waals surface area contributed by atoms with E-state index in [1.807, 2.05) is 30.3 Å². The van der Waals surface area contributed by atoms with Crippen molar-refractivity contribution in [2.24, 2.45) is 0 Å². The lowest BCUT2D eigenvalue weighted by molar-refractivity contribution is 0.101. The molecular formula is C24H22N2O4S. The van der Waals surface area contributed by atoms with Gasteiger partial charge in [0.05, 0.1) is 0 Å². The lowest BCUT2D eigenvalue weighted by atomic mass is 10.0. The van der Waals surface area contributed by atoms with Crippen molar-refractivity contribution < 1.29 is 18.3 Å². The first-order valence-electron chi connectivity index (χ1n) is 10.2. The fourth-order valence-corrected chi connectivity index (χ4v) is 5.77. The van der Waals surface area contributed by atoms with Crippen LogP contribution in [0.25, 0.3) is 16.5 Å². The quantitative estimate of drug-likeness (QED) is 0.626. The maximum absolute atomic E-state index is 13.3. The maximum Gasteiger partial charge on any atom is 0.265 e. The van der Waals surface area contributed by atoms with Gasteiger partial charge in [-0.2, -0.15) is 0 Å². The molecule has 3 aromatic carbocycles. The minimum absolute atomic E-state index is 0.0203. The monoisotopic (exact) mass is 434 g/mol. The molecule has 31 heavy (non-hydrogen) atoms. The van der Waals surface area contributed by atoms with E-state index in [4.69, 9.17) is 0 Å². The van der Waals surface area contributed by atoms with Gasteiger partial charge in [-0.15, -0.1) is 0 Å². The van der Waals surface area contributed by atoms with Crippen molar-refractivity contribution in [1.82, 2.24) is 4.31 Å². The number of allylic oxidation sites excluding steroid dienone is 1. The van der Waals surface area contributed by atoms with Crippen LogP contribution in [0.2, 0.25) is 0 Å². The summed E-state index contributed by atoms with van der Waals surface area (Å²) in [6.07, 6.45) is 2.14. The predicted octanol–water partition coefficient (Wildman–Crippen LogP) is 4.18. The van der Waals surface area contributed by atoms with Crippen LogP contribution in [0.1, 0.15) is 28.8 Å². The molecule has 1 fully saturated rings. The Morgan fingerprint density at radius 2 is 1.65 bits per heavy atom. The number of carbonyl (C=O) groups excluding carboxylic acids is 1. The van der Waals surface area contributed by atoms with Crippen LogP contribution < -0.4 is 4.90 Å². The second kappa shape index (κ2) is 7.13. The largest absolute Gasteiger partial charge is 0.505 e. The summed E-state index contributed by atoms with van der Waals surface area (Å²) in [6.45, 7) is 1.75. The highest BCUT2D eigenvalue weighted by atomic mass is 32.2. The van der Waals surface area contributed by atoms with E-state index in [0.717, 1.165) is 46.7 Å². The van der Waals surface area contributed by atoms with Crippen LogP contribution in [0.3, 0.4) is 0 Å². The molecule has 0 amide bonds. The molecule has 0 unspecified atom stereocenters. The average Bonchev–Trinajstić information content (AvgIpc) is 3.32. The number of likely N-dealkylation sites (N-methyl/N-ethyl adjacent to an activating group) is 1. The molecule has 0 saturated carbocycles. The minimum atomic E-state index is -3.98. The average molecular weight is 435 g/mol. The number of hydrogen-bond donors (Lipinski definition) is 1. The summed E-state index contributed by atoms with van der Waals surface area (Å²) in [6, 6.07) is 17.8. The molecule has 2 heterocycles. The first kappa shape index (κ1) is 19.6. The van der Waals surface area contributed by atoms with Crippen molar-refractivity contribution >= 4 is 38.0 Å². The van der Waals surface area contributed by atoms with Crippen LogP contribution in [0.5, 0.6) is 0 Å². The van der Waals surface area contributed by atoms with Gasteiger partial charge in [-0.1, -0.05) is 36.4 Å². The number of sulfonamides is 1. The van der Waals surface area contributed by atoms with Gasteiger partial charge >= 0.3 is 0 Å². The van der Waals surface area contributed by atoms with E-state index >= 15 is 0 Å². The van der Waals surface area contributed by atoms with E-state index < -0.39 is 15.8 Å². The zero-order valence-corrected chi connectivity index (χ0v) is 17.9. The van der Waals surface area contributed by atoms with Gasteiger partial charge in [0.25, 0.3) is 10.0 Å². The van der Waals surface area contributed by atoms with E-state index in [9.17, 15) is 18.3 Å². The van der Waals surface area contributed by atoms with Gasteiger partial charge in [0.15, 0.2) is 5.76 Å². The third kappa shape index (κ3) is 3.08. The number of hydrogen-bond acceptors (Lipinski definition) is 5. The molecule has 2 aliphatic heterocycles. The van der Waals surface area contributed by atoms with Gasteiger partial charge < -0.3 is 10.0 Å². The Morgan fingerprint density at radius 1 is 0.935 bits per heavy atom. The fourth-order valence-electron chi connectivity index (χ4n) is 4.35. The smallest absolute Gasteiger partial charge is 0.265 e. The zero-order chi connectivity index (χ0) is 21.8. The summed E-state index contributed by atoms with van der Waals surface area (Å²) >= 11 is 0. The normalized spacial score (nSPS) is 17.8. The first-order valence-corrected chi connectivity index (χ1v) is 11.7. The van der Waals surface area contributed by atoms with E-state index in [0.29, 0.717) is 5.56 Å². The molecule has 1 N–H and O–H groups in total. The summed E-state index contributed by atoms with van der Waals surface area (Å²) in [7, 11) is -2.67. The van der Waals surface area contributed by atoms with Crippen LogP contribution >= 0.6 is 0 Å². The van der Waals surface area contributed by atoms with E-state index in [2.05, 4.69) is 4.90 Å². The number of carbonyl (C=O) groups is 1. The zero-order valence-electron chi connectivity index (χ0n) is 17.1. The van der Waals surface area contributed by atoms with Gasteiger partial charge in [-0.3, -0.25) is 9.10 Å². The predicted molar refractivity (Wildman–Crippen MR) is 121 cm³/mol. The lowest BCUT2D eigenvalue weighted by Gasteiger charge is -2.29. The highest BCUT2D eigenvalue weighted by Gasteiger charge is 2.38. The Morgan fingerprint density at radius 3 is 2.39 bits per heavy atom. The molecule has 0 aliphatic carbocycles. The van der Waals surface area contributed by atoms with Crippen LogP contribution in [0.15, 0.2) is 71.3 Å². The van der Waals surface area contributed by atoms with Crippen molar-refractivity contribution in [3.8, 4) is 0 Å². The van der Waals surface area contributed by atoms with Gasteiger partial charge in [-0.25, -0.2) is 8.42 Å². The minimum Gasteiger partial charge on any atom is -0.505 e. The maximum atomic E-state index is 13.3. The molecule has 2 aliphatic rings. The number of benzene rings is 3. The molecule has 1 saturated heterocycles. The number of rotatable bonds is 3. The standard InChI is InChI=1S/C24H22N2O4S/c1-25-22(23(27)18-9-8-16-6-2-3-7-17(16)14-18)24(28)20-11-10-19(26-12-4-5-13-26)15-21(20)31(25,29)30/h2-3,6-11,14-15,28H,4-5,12-13H2,1H3. The number of Topliss-reactive ketones (excluding diaryl/α,β-unsaturated/α-hetero) is 1. The molecule has 3 aromatic rings. The molecule has 0 spiro atoms. The van der Waals surface area contributed by atoms with E-state index in [-0.39, 0.29) is 21.9 Å². The van der Waals surface area contributed by atoms with E-state index in [1.165, 1.54) is 7.05 Å². The van der Waals surface area contributed by atoms with Crippen molar-refractivity contribution in [3.63, 3.8) is 0 Å². The van der Waals surface area contributed by atoms with Gasteiger partial charge in [-0.05, 0) is 47.9 Å². The first-order chi connectivity index (χ1) is 14.9. The highest BCUT2D eigenvalue weighted by molar-refractivity contribution is 7.89. The summed E-state index contributed by atoms with van der Waals surface area (Å²) in [5, 5.41) is 12.8. The van der Waals surface area contributed by atoms with Crippen molar-refractivity contribution in [3.05, 3.63) is 77.5 Å². The van der Waals surface area contributed by atoms with Crippen molar-refractivity contribution in [2.45, 2.75) is 17.7 Å². The van der Waals surface area contributed by atoms with Crippen molar-refractivity contribution in [2.75, 3.05) is 25.0 Å². The molecule has 5 rings (SSSR count). The van der Waals surface area contributed by atoms with Gasteiger partial charge in [0.1, 0.15) is 10.6 Å². The number of anilines is 1. The molecule has 0 aromatic heterocycles. The van der Waals surface area contributed by atoms with Gasteiger partial charge in [0, 0.05) is 37.0 Å². The Kier molecular flexibility index (Phi) is 4.51. The Labute approximate surface area is 181 Å². The number of aliphatic hydroxyl groups is 1. The van der Waals surface area contributed by atoms with Crippen LogP contribution in [-0.2, 0) is 10.0 Å². The number of fused-ring (bicyclic) bond motifs is 2. The summed E-state index contributed by atoms with van der Waals surface area (Å²) in [5.41, 5.74) is 1.05. The third-order valence-corrected chi connectivity index (χ3v) is 7.89.